The summed E-state index contributed by atoms with van der Waals surface area (Å²) in [4.78, 5) is 11.6. The van der Waals surface area contributed by atoms with Crippen molar-refractivity contribution in [2.75, 3.05) is 12.4 Å². The van der Waals surface area contributed by atoms with Gasteiger partial charge < -0.3 is 15.4 Å². The number of rotatable bonds is 4. The molecule has 2 aromatic rings. The van der Waals surface area contributed by atoms with Crippen LogP contribution in [0.4, 0.5) is 5.69 Å². The van der Waals surface area contributed by atoms with Gasteiger partial charge in [-0.1, -0.05) is 29.8 Å². The number of carbonyl (C=O) groups excluding carboxylic acids is 1. The maximum absolute atomic E-state index is 11.6. The van der Waals surface area contributed by atoms with Crippen LogP contribution in [0.3, 0.4) is 0 Å². The monoisotopic (exact) mass is 342 g/mol. The van der Waals surface area contributed by atoms with E-state index in [9.17, 15) is 4.79 Å². The first-order chi connectivity index (χ1) is 11.4. The lowest BCUT2D eigenvalue weighted by molar-refractivity contribution is 0.0601. The van der Waals surface area contributed by atoms with Crippen LogP contribution in [0.2, 0.25) is 0 Å². The lowest BCUT2D eigenvalue weighted by Crippen LogP contribution is -2.31. The highest BCUT2D eigenvalue weighted by molar-refractivity contribution is 7.80. The molecule has 5 heteroatoms. The zero-order valence-corrected chi connectivity index (χ0v) is 15.2. The van der Waals surface area contributed by atoms with Crippen molar-refractivity contribution in [3.63, 3.8) is 0 Å². The third kappa shape index (κ3) is 4.55. The van der Waals surface area contributed by atoms with Crippen LogP contribution in [0.15, 0.2) is 42.5 Å². The highest BCUT2D eigenvalue weighted by Crippen LogP contribution is 2.19. The van der Waals surface area contributed by atoms with Gasteiger partial charge in [0.15, 0.2) is 5.11 Å². The van der Waals surface area contributed by atoms with Gasteiger partial charge in [-0.25, -0.2) is 4.79 Å². The van der Waals surface area contributed by atoms with E-state index >= 15 is 0 Å². The van der Waals surface area contributed by atoms with Crippen LogP contribution in [-0.4, -0.2) is 18.2 Å². The fraction of sp³-hybridized carbons (Fsp3) is 0.263. The summed E-state index contributed by atoms with van der Waals surface area (Å²) in [7, 11) is 1.36. The molecule has 2 N–H and O–H groups in total. The number of carbonyl (C=O) groups is 1. The van der Waals surface area contributed by atoms with E-state index in [1.54, 1.807) is 18.2 Å². The molecular weight excluding hydrogens is 320 g/mol. The molecule has 2 aromatic carbocycles. The quantitative estimate of drug-likeness (QED) is 0.646. The largest absolute Gasteiger partial charge is 0.465 e. The Kier molecular flexibility index (Phi) is 5.93. The second-order valence-corrected chi connectivity index (χ2v) is 6.16. The number of benzene rings is 2. The Morgan fingerprint density at radius 2 is 1.92 bits per heavy atom. The van der Waals surface area contributed by atoms with E-state index in [2.05, 4.69) is 49.6 Å². The van der Waals surface area contributed by atoms with E-state index < -0.39 is 0 Å². The van der Waals surface area contributed by atoms with E-state index in [1.165, 1.54) is 23.8 Å². The Morgan fingerprint density at radius 1 is 1.17 bits per heavy atom. The van der Waals surface area contributed by atoms with Crippen molar-refractivity contribution in [3.8, 4) is 0 Å². The van der Waals surface area contributed by atoms with Crippen LogP contribution in [0.5, 0.6) is 0 Å². The first-order valence-corrected chi connectivity index (χ1v) is 8.14. The number of aryl methyl sites for hydroxylation is 2. The standard InChI is InChI=1S/C19H22N2O2S/c1-12-8-9-13(2)17(10-12)14(3)20-19(24)21-16-7-5-6-15(11-16)18(22)23-4/h5-11,14H,1-4H3,(H2,20,21,24)/t14-/m1/s1. The molecule has 0 bridgehead atoms. The molecule has 0 spiro atoms. The van der Waals surface area contributed by atoms with Crippen LogP contribution in [0.1, 0.15) is 40.0 Å². The van der Waals surface area contributed by atoms with E-state index in [0.717, 1.165) is 5.69 Å². The second-order valence-electron chi connectivity index (χ2n) is 5.75. The summed E-state index contributed by atoms with van der Waals surface area (Å²) in [6.45, 7) is 6.23. The fourth-order valence-electron chi connectivity index (χ4n) is 2.51. The van der Waals surface area contributed by atoms with Crippen LogP contribution < -0.4 is 10.6 Å². The molecule has 0 aliphatic heterocycles. The van der Waals surface area contributed by atoms with Gasteiger partial charge in [0, 0.05) is 5.69 Å². The molecule has 4 nitrogen and oxygen atoms in total. The fourth-order valence-corrected chi connectivity index (χ4v) is 2.80. The van der Waals surface area contributed by atoms with Crippen LogP contribution in [-0.2, 0) is 4.74 Å². The molecule has 0 unspecified atom stereocenters. The number of nitrogens with one attached hydrogen (secondary N) is 2. The van der Waals surface area contributed by atoms with E-state index in [1.807, 2.05) is 6.07 Å². The van der Waals surface area contributed by atoms with Gasteiger partial charge >= 0.3 is 5.97 Å². The summed E-state index contributed by atoms with van der Waals surface area (Å²) >= 11 is 5.39. The molecule has 0 aliphatic rings. The molecule has 0 aliphatic carbocycles. The van der Waals surface area contributed by atoms with Gasteiger partial charge in [0.1, 0.15) is 0 Å². The second kappa shape index (κ2) is 7.93. The third-order valence-electron chi connectivity index (χ3n) is 3.79. The van der Waals surface area contributed by atoms with Crippen molar-refractivity contribution in [1.82, 2.24) is 5.32 Å². The van der Waals surface area contributed by atoms with Gasteiger partial charge in [0.2, 0.25) is 0 Å². The first kappa shape index (κ1) is 17.9. The van der Waals surface area contributed by atoms with Crippen molar-refractivity contribution < 1.29 is 9.53 Å². The van der Waals surface area contributed by atoms with E-state index in [4.69, 9.17) is 17.0 Å². The maximum atomic E-state index is 11.6. The van der Waals surface area contributed by atoms with Gasteiger partial charge in [0.05, 0.1) is 18.7 Å². The van der Waals surface area contributed by atoms with Gasteiger partial charge in [0.25, 0.3) is 0 Å². The Bertz CT molecular complexity index is 759. The molecule has 0 fully saturated rings. The van der Waals surface area contributed by atoms with Crippen molar-refractivity contribution in [1.29, 1.82) is 0 Å². The Morgan fingerprint density at radius 3 is 2.62 bits per heavy atom. The SMILES string of the molecule is COC(=O)c1cccc(NC(=S)N[C@H](C)c2cc(C)ccc2C)c1. The predicted octanol–water partition coefficient (Wildman–Crippen LogP) is 4.14. The topological polar surface area (TPSA) is 50.4 Å². The molecule has 2 rings (SSSR count). The summed E-state index contributed by atoms with van der Waals surface area (Å²) in [5.74, 6) is -0.374. The minimum Gasteiger partial charge on any atom is -0.465 e. The number of hydrogen-bond donors (Lipinski definition) is 2. The average molecular weight is 342 g/mol. The molecule has 24 heavy (non-hydrogen) atoms. The minimum atomic E-state index is -0.374. The highest BCUT2D eigenvalue weighted by atomic mass is 32.1. The van der Waals surface area contributed by atoms with Gasteiger partial charge in [-0.3, -0.25) is 0 Å². The first-order valence-electron chi connectivity index (χ1n) is 7.73. The van der Waals surface area contributed by atoms with Crippen molar-refractivity contribution >= 4 is 29.0 Å². The molecule has 0 radical (unpaired) electrons. The molecule has 0 heterocycles. The molecule has 0 amide bonds. The van der Waals surface area contributed by atoms with Crippen molar-refractivity contribution in [2.24, 2.45) is 0 Å². The number of ether oxygens (including phenoxy) is 1. The molecule has 0 aromatic heterocycles. The normalized spacial score (nSPS) is 11.5. The highest BCUT2D eigenvalue weighted by Gasteiger charge is 2.11. The third-order valence-corrected chi connectivity index (χ3v) is 4.01. The number of methoxy groups -OCH3 is 1. The Balaban J connectivity index is 2.05. The van der Waals surface area contributed by atoms with Gasteiger partial charge in [-0.05, 0) is 62.3 Å². The zero-order chi connectivity index (χ0) is 17.7. The molecule has 0 saturated heterocycles. The lowest BCUT2D eigenvalue weighted by Gasteiger charge is -2.20. The van der Waals surface area contributed by atoms with E-state index in [0.29, 0.717) is 10.7 Å². The number of esters is 1. The van der Waals surface area contributed by atoms with Crippen molar-refractivity contribution in [2.45, 2.75) is 26.8 Å². The molecule has 0 saturated carbocycles. The number of thiocarbonyl (C=S) groups is 1. The summed E-state index contributed by atoms with van der Waals surface area (Å²) in [6, 6.07) is 13.5. The van der Waals surface area contributed by atoms with E-state index in [-0.39, 0.29) is 12.0 Å². The molecule has 126 valence electrons. The Hall–Kier alpha value is -2.40. The summed E-state index contributed by atoms with van der Waals surface area (Å²) in [6.07, 6.45) is 0. The number of hydrogen-bond acceptors (Lipinski definition) is 3. The van der Waals surface area contributed by atoms with Gasteiger partial charge in [-0.2, -0.15) is 0 Å². The van der Waals surface area contributed by atoms with Gasteiger partial charge in [-0.15, -0.1) is 0 Å². The summed E-state index contributed by atoms with van der Waals surface area (Å²) in [5.41, 5.74) is 4.86. The molecule has 1 atom stereocenters. The minimum absolute atomic E-state index is 0.0775. The lowest BCUT2D eigenvalue weighted by atomic mass is 10.0. The summed E-state index contributed by atoms with van der Waals surface area (Å²) in [5, 5.41) is 6.89. The summed E-state index contributed by atoms with van der Waals surface area (Å²) < 4.78 is 4.73. The smallest absolute Gasteiger partial charge is 0.337 e. The van der Waals surface area contributed by atoms with Crippen LogP contribution >= 0.6 is 12.2 Å². The van der Waals surface area contributed by atoms with Crippen molar-refractivity contribution in [3.05, 3.63) is 64.7 Å². The Labute approximate surface area is 148 Å². The maximum Gasteiger partial charge on any atom is 0.337 e. The zero-order valence-electron chi connectivity index (χ0n) is 14.3. The van der Waals surface area contributed by atoms with Crippen LogP contribution in [0.25, 0.3) is 0 Å². The average Bonchev–Trinajstić information content (AvgIpc) is 2.56. The predicted molar refractivity (Wildman–Crippen MR) is 101 cm³/mol. The van der Waals surface area contributed by atoms with Crippen LogP contribution in [0, 0.1) is 13.8 Å². The molecular formula is C19H22N2O2S. The number of anilines is 1.